The molecule has 1 atom stereocenters. The summed E-state index contributed by atoms with van der Waals surface area (Å²) in [7, 11) is 0. The highest BCUT2D eigenvalue weighted by Crippen LogP contribution is 2.35. The van der Waals surface area contributed by atoms with Gasteiger partial charge in [-0.3, -0.25) is 4.79 Å². The number of aliphatic imine (C=N–C) groups is 1. The van der Waals surface area contributed by atoms with Crippen LogP contribution in [0.25, 0.3) is 0 Å². The Kier molecular flexibility index (Phi) is 5.61. The fourth-order valence-electron chi connectivity index (χ4n) is 2.49. The molecule has 0 fully saturated rings. The number of nitrogens with one attached hydrogen (secondary N) is 1. The summed E-state index contributed by atoms with van der Waals surface area (Å²) in [5, 5.41) is 4.76. The van der Waals surface area contributed by atoms with Crippen LogP contribution in [0, 0.1) is 18.2 Å². The maximum absolute atomic E-state index is 14.4. The first-order valence-corrected chi connectivity index (χ1v) is 8.98. The third-order valence-electron chi connectivity index (χ3n) is 3.86. The number of nitrogens with zero attached hydrogens (tertiary/aromatic N) is 3. The zero-order valence-corrected chi connectivity index (χ0v) is 15.7. The lowest BCUT2D eigenvalue weighted by molar-refractivity contribution is 0.102. The van der Waals surface area contributed by atoms with Gasteiger partial charge in [0.05, 0.1) is 12.4 Å². The fourth-order valence-corrected chi connectivity index (χ4v) is 3.20. The molecule has 1 amide bonds. The van der Waals surface area contributed by atoms with Crippen molar-refractivity contribution in [3.63, 3.8) is 0 Å². The van der Waals surface area contributed by atoms with Crippen molar-refractivity contribution >= 4 is 28.5 Å². The van der Waals surface area contributed by atoms with E-state index in [-0.39, 0.29) is 23.7 Å². The van der Waals surface area contributed by atoms with Gasteiger partial charge in [0, 0.05) is 11.3 Å². The van der Waals surface area contributed by atoms with Crippen LogP contribution in [0.2, 0.25) is 0 Å². The number of rotatable bonds is 5. The van der Waals surface area contributed by atoms with Crippen LogP contribution in [0.3, 0.4) is 0 Å². The second kappa shape index (κ2) is 8.10. The molecule has 2 heterocycles. The van der Waals surface area contributed by atoms with Gasteiger partial charge in [0.2, 0.25) is 5.88 Å². The summed E-state index contributed by atoms with van der Waals surface area (Å²) in [5.74, 6) is 1.56. The van der Waals surface area contributed by atoms with Crippen molar-refractivity contribution in [2.45, 2.75) is 12.5 Å². The summed E-state index contributed by atoms with van der Waals surface area (Å²) in [4.78, 5) is 24.7. The van der Waals surface area contributed by atoms with Gasteiger partial charge in [-0.1, -0.05) is 17.7 Å². The standard InChI is InChI=1S/C19H16FN5O2S/c1-3-7-27-16-11-22-15(10-23-16)17(26)24-12-4-5-14(20)13(9-12)19(2)6-8-28-18(21)25-19/h1,4-6,8-11H,7H2,2H3,(H2,21,25)(H,24,26)/t19-/m0/s1. The number of amidine groups is 1. The van der Waals surface area contributed by atoms with Gasteiger partial charge in [0.1, 0.15) is 17.1 Å². The normalized spacial score (nSPS) is 18.1. The van der Waals surface area contributed by atoms with Crippen molar-refractivity contribution in [3.05, 3.63) is 59.2 Å². The first-order valence-electron chi connectivity index (χ1n) is 8.10. The van der Waals surface area contributed by atoms with Gasteiger partial charge in [0.15, 0.2) is 11.8 Å². The Morgan fingerprint density at radius 1 is 1.43 bits per heavy atom. The molecule has 0 aliphatic carbocycles. The first-order chi connectivity index (χ1) is 13.4. The van der Waals surface area contributed by atoms with E-state index in [4.69, 9.17) is 16.9 Å². The van der Waals surface area contributed by atoms with E-state index in [1.165, 1.54) is 42.4 Å². The molecule has 1 aromatic carbocycles. The van der Waals surface area contributed by atoms with Crippen LogP contribution in [-0.2, 0) is 5.54 Å². The minimum atomic E-state index is -0.962. The fraction of sp³-hybridized carbons (Fsp3) is 0.158. The Balaban J connectivity index is 1.80. The van der Waals surface area contributed by atoms with Gasteiger partial charge in [-0.2, -0.15) is 0 Å². The number of hydrogen-bond acceptors (Lipinski definition) is 7. The highest BCUT2D eigenvalue weighted by atomic mass is 32.2. The van der Waals surface area contributed by atoms with Crippen LogP contribution in [0.15, 0.2) is 47.1 Å². The average Bonchev–Trinajstić information content (AvgIpc) is 2.68. The number of anilines is 1. The number of aromatic nitrogens is 2. The van der Waals surface area contributed by atoms with Gasteiger partial charge < -0.3 is 15.8 Å². The van der Waals surface area contributed by atoms with E-state index in [2.05, 4.69) is 26.2 Å². The third-order valence-corrected chi connectivity index (χ3v) is 4.46. The lowest BCUT2D eigenvalue weighted by atomic mass is 9.92. The van der Waals surface area contributed by atoms with E-state index >= 15 is 0 Å². The Hall–Kier alpha value is -3.38. The second-order valence-electron chi connectivity index (χ2n) is 5.90. The molecule has 1 aromatic heterocycles. The van der Waals surface area contributed by atoms with E-state index in [1.54, 1.807) is 18.4 Å². The molecular formula is C19H16FN5O2S. The number of halogens is 1. The largest absolute Gasteiger partial charge is 0.463 e. The van der Waals surface area contributed by atoms with Crippen LogP contribution in [0.1, 0.15) is 23.0 Å². The molecule has 3 rings (SSSR count). The van der Waals surface area contributed by atoms with Crippen LogP contribution in [0.5, 0.6) is 5.88 Å². The number of nitrogens with two attached hydrogens (primary N) is 1. The maximum Gasteiger partial charge on any atom is 0.275 e. The Morgan fingerprint density at radius 2 is 2.25 bits per heavy atom. The molecule has 0 spiro atoms. The highest BCUT2D eigenvalue weighted by Gasteiger charge is 2.29. The van der Waals surface area contributed by atoms with Crippen LogP contribution >= 0.6 is 11.8 Å². The van der Waals surface area contributed by atoms with Crippen molar-refractivity contribution in [1.29, 1.82) is 0 Å². The van der Waals surface area contributed by atoms with Gasteiger partial charge in [-0.15, -0.1) is 6.42 Å². The van der Waals surface area contributed by atoms with Crippen LogP contribution in [-0.4, -0.2) is 27.6 Å². The van der Waals surface area contributed by atoms with E-state index < -0.39 is 17.3 Å². The Labute approximate surface area is 165 Å². The van der Waals surface area contributed by atoms with Crippen molar-refractivity contribution in [2.24, 2.45) is 10.7 Å². The zero-order valence-electron chi connectivity index (χ0n) is 14.8. The number of carbonyl (C=O) groups excluding carboxylic acids is 1. The van der Waals surface area contributed by atoms with Crippen LogP contribution < -0.4 is 15.8 Å². The molecule has 3 N–H and O–H groups in total. The molecule has 1 aliphatic heterocycles. The topological polar surface area (TPSA) is 102 Å². The molecule has 0 saturated carbocycles. The van der Waals surface area contributed by atoms with Gasteiger partial charge in [-0.25, -0.2) is 19.4 Å². The molecule has 0 bridgehead atoms. The molecule has 0 unspecified atom stereocenters. The van der Waals surface area contributed by atoms with Crippen molar-refractivity contribution in [3.8, 4) is 18.2 Å². The summed E-state index contributed by atoms with van der Waals surface area (Å²) in [6, 6.07) is 4.23. The summed E-state index contributed by atoms with van der Waals surface area (Å²) in [6.45, 7) is 1.79. The van der Waals surface area contributed by atoms with E-state index in [1.807, 2.05) is 0 Å². The molecule has 2 aromatic rings. The number of terminal acetylenes is 1. The molecule has 7 nitrogen and oxygen atoms in total. The number of amides is 1. The summed E-state index contributed by atoms with van der Waals surface area (Å²) >= 11 is 1.26. The van der Waals surface area contributed by atoms with Gasteiger partial charge in [-0.05, 0) is 36.6 Å². The molecule has 9 heteroatoms. The second-order valence-corrected chi connectivity index (χ2v) is 6.83. The molecule has 142 valence electrons. The van der Waals surface area contributed by atoms with Gasteiger partial charge >= 0.3 is 0 Å². The number of thioether (sulfide) groups is 1. The smallest absolute Gasteiger partial charge is 0.275 e. The van der Waals surface area contributed by atoms with Crippen LogP contribution in [0.4, 0.5) is 10.1 Å². The van der Waals surface area contributed by atoms with Gasteiger partial charge in [0.25, 0.3) is 5.91 Å². The lowest BCUT2D eigenvalue weighted by Gasteiger charge is -2.26. The number of hydrogen-bond donors (Lipinski definition) is 2. The molecule has 1 aliphatic rings. The summed E-state index contributed by atoms with van der Waals surface area (Å²) in [5.41, 5.74) is 5.55. The van der Waals surface area contributed by atoms with Crippen molar-refractivity contribution in [2.75, 3.05) is 11.9 Å². The summed E-state index contributed by atoms with van der Waals surface area (Å²) < 4.78 is 19.5. The highest BCUT2D eigenvalue weighted by molar-refractivity contribution is 8.16. The average molecular weight is 397 g/mol. The third kappa shape index (κ3) is 4.29. The zero-order chi connectivity index (χ0) is 20.1. The van der Waals surface area contributed by atoms with E-state index in [0.717, 1.165) is 0 Å². The number of benzene rings is 1. The molecule has 28 heavy (non-hydrogen) atoms. The molecule has 0 radical (unpaired) electrons. The van der Waals surface area contributed by atoms with Crippen molar-refractivity contribution < 1.29 is 13.9 Å². The SMILES string of the molecule is C#CCOc1cnc(C(=O)Nc2ccc(F)c([C@]3(C)C=CSC(N)=N3)c2)cn1. The minimum Gasteiger partial charge on any atom is -0.463 e. The predicted octanol–water partition coefficient (Wildman–Crippen LogP) is 2.67. The van der Waals surface area contributed by atoms with E-state index in [0.29, 0.717) is 10.9 Å². The monoisotopic (exact) mass is 397 g/mol. The van der Waals surface area contributed by atoms with Crippen molar-refractivity contribution in [1.82, 2.24) is 9.97 Å². The predicted molar refractivity (Wildman–Crippen MR) is 106 cm³/mol. The number of carbonyl (C=O) groups is 1. The quantitative estimate of drug-likeness (QED) is 0.752. The Morgan fingerprint density at radius 3 is 2.93 bits per heavy atom. The first kappa shape index (κ1) is 19.4. The molecule has 0 saturated heterocycles. The summed E-state index contributed by atoms with van der Waals surface area (Å²) in [6.07, 6.45) is 9.41. The minimum absolute atomic E-state index is 0.0529. The molecular weight excluding hydrogens is 381 g/mol. The number of ether oxygens (including phenoxy) is 1. The lowest BCUT2D eigenvalue weighted by Crippen LogP contribution is -2.25. The Bertz CT molecular complexity index is 1000. The maximum atomic E-state index is 14.4. The van der Waals surface area contributed by atoms with E-state index in [9.17, 15) is 9.18 Å².